The van der Waals surface area contributed by atoms with Gasteiger partial charge in [-0.2, -0.15) is 0 Å². The van der Waals surface area contributed by atoms with Crippen molar-refractivity contribution in [3.63, 3.8) is 0 Å². The van der Waals surface area contributed by atoms with Crippen molar-refractivity contribution in [2.24, 2.45) is 5.73 Å². The Morgan fingerprint density at radius 1 is 1.33 bits per heavy atom. The molecule has 1 saturated carbocycles. The summed E-state index contributed by atoms with van der Waals surface area (Å²) in [5, 5.41) is 0. The second-order valence-corrected chi connectivity index (χ2v) is 4.12. The van der Waals surface area contributed by atoms with Crippen LogP contribution in [0.3, 0.4) is 0 Å². The second kappa shape index (κ2) is 4.81. The first-order chi connectivity index (χ1) is 7.27. The van der Waals surface area contributed by atoms with E-state index in [2.05, 4.69) is 0 Å². The fraction of sp³-hybridized carbons (Fsp3) is 0.900. The first-order valence-corrected chi connectivity index (χ1v) is 5.56. The van der Waals surface area contributed by atoms with Crippen molar-refractivity contribution in [2.45, 2.75) is 31.4 Å². The van der Waals surface area contributed by atoms with Crippen molar-refractivity contribution in [1.82, 2.24) is 4.90 Å². The van der Waals surface area contributed by atoms with Crippen molar-refractivity contribution in [2.75, 3.05) is 26.3 Å². The van der Waals surface area contributed by atoms with Crippen LogP contribution in [0, 0.1) is 0 Å². The second-order valence-electron chi connectivity index (χ2n) is 4.12. The Hall–Kier alpha value is -0.810. The Kier molecular flexibility index (Phi) is 3.43. The Morgan fingerprint density at radius 2 is 2.07 bits per heavy atom. The maximum Gasteiger partial charge on any atom is 0.410 e. The smallest absolute Gasteiger partial charge is 0.410 e. The minimum Gasteiger partial charge on any atom is -0.444 e. The van der Waals surface area contributed by atoms with Gasteiger partial charge in [0.05, 0.1) is 13.2 Å². The van der Waals surface area contributed by atoms with Gasteiger partial charge >= 0.3 is 6.09 Å². The van der Waals surface area contributed by atoms with Gasteiger partial charge in [-0.1, -0.05) is 0 Å². The topological polar surface area (TPSA) is 64.8 Å². The molecule has 0 aromatic rings. The van der Waals surface area contributed by atoms with E-state index in [9.17, 15) is 4.79 Å². The third-order valence-electron chi connectivity index (χ3n) is 3.03. The number of nitrogens with two attached hydrogens (primary N) is 1. The third-order valence-corrected chi connectivity index (χ3v) is 3.03. The van der Waals surface area contributed by atoms with Crippen molar-refractivity contribution in [3.05, 3.63) is 0 Å². The van der Waals surface area contributed by atoms with Crippen LogP contribution in [0.25, 0.3) is 0 Å². The van der Waals surface area contributed by atoms with Crippen molar-refractivity contribution < 1.29 is 14.3 Å². The predicted octanol–water partition coefficient (Wildman–Crippen LogP) is 0.335. The number of hydrogen-bond donors (Lipinski definition) is 1. The van der Waals surface area contributed by atoms with E-state index in [0.717, 1.165) is 19.3 Å². The van der Waals surface area contributed by atoms with Gasteiger partial charge in [0.25, 0.3) is 0 Å². The van der Waals surface area contributed by atoms with Gasteiger partial charge < -0.3 is 20.1 Å². The lowest BCUT2D eigenvalue weighted by Gasteiger charge is -2.28. The summed E-state index contributed by atoms with van der Waals surface area (Å²) in [5.41, 5.74) is 5.84. The zero-order valence-corrected chi connectivity index (χ0v) is 8.85. The average molecular weight is 214 g/mol. The molecule has 2 rings (SSSR count). The summed E-state index contributed by atoms with van der Waals surface area (Å²) >= 11 is 0. The molecule has 5 nitrogen and oxygen atoms in total. The summed E-state index contributed by atoms with van der Waals surface area (Å²) in [7, 11) is 0. The number of carbonyl (C=O) groups excluding carboxylic acids is 1. The molecule has 15 heavy (non-hydrogen) atoms. The van der Waals surface area contributed by atoms with Crippen LogP contribution in [-0.2, 0) is 9.47 Å². The van der Waals surface area contributed by atoms with Crippen molar-refractivity contribution >= 4 is 6.09 Å². The van der Waals surface area contributed by atoms with Crippen LogP contribution < -0.4 is 5.73 Å². The summed E-state index contributed by atoms with van der Waals surface area (Å²) in [5.74, 6) is 0. The number of hydrogen-bond acceptors (Lipinski definition) is 4. The normalized spacial score (nSPS) is 31.7. The van der Waals surface area contributed by atoms with E-state index in [1.54, 1.807) is 4.90 Å². The van der Waals surface area contributed by atoms with Gasteiger partial charge in [0.2, 0.25) is 0 Å². The van der Waals surface area contributed by atoms with E-state index >= 15 is 0 Å². The molecule has 0 aromatic carbocycles. The summed E-state index contributed by atoms with van der Waals surface area (Å²) in [6, 6.07) is 0.0231. The van der Waals surface area contributed by atoms with Gasteiger partial charge in [0, 0.05) is 19.1 Å². The van der Waals surface area contributed by atoms with Crippen molar-refractivity contribution in [1.29, 1.82) is 0 Å². The fourth-order valence-corrected chi connectivity index (χ4v) is 2.05. The van der Waals surface area contributed by atoms with Crippen LogP contribution in [0.5, 0.6) is 0 Å². The molecule has 0 aromatic heterocycles. The molecule has 2 fully saturated rings. The van der Waals surface area contributed by atoms with Gasteiger partial charge in [-0.3, -0.25) is 0 Å². The molecule has 5 heteroatoms. The lowest BCUT2D eigenvalue weighted by Crippen LogP contribution is -2.44. The molecule has 2 unspecified atom stereocenters. The first kappa shape index (κ1) is 10.7. The van der Waals surface area contributed by atoms with Crippen LogP contribution in [0.1, 0.15) is 19.3 Å². The SMILES string of the molecule is NC1CCCC1OC(=O)N1CCOCC1. The number of nitrogens with zero attached hydrogens (tertiary/aromatic N) is 1. The van der Waals surface area contributed by atoms with E-state index < -0.39 is 0 Å². The number of amides is 1. The van der Waals surface area contributed by atoms with E-state index in [4.69, 9.17) is 15.2 Å². The van der Waals surface area contributed by atoms with Gasteiger partial charge in [-0.25, -0.2) is 4.79 Å². The third kappa shape index (κ3) is 2.60. The molecule has 1 amide bonds. The van der Waals surface area contributed by atoms with E-state index in [-0.39, 0.29) is 18.2 Å². The molecular formula is C10H18N2O3. The molecule has 0 radical (unpaired) electrons. The van der Waals surface area contributed by atoms with Gasteiger partial charge in [0.15, 0.2) is 0 Å². The highest BCUT2D eigenvalue weighted by molar-refractivity contribution is 5.68. The molecule has 0 spiro atoms. The molecule has 2 N–H and O–H groups in total. The molecule has 1 aliphatic heterocycles. The molecule has 1 aliphatic carbocycles. The molecule has 2 aliphatic rings. The monoisotopic (exact) mass is 214 g/mol. The van der Waals surface area contributed by atoms with Gasteiger partial charge in [0.1, 0.15) is 6.10 Å². The maximum atomic E-state index is 11.7. The Balaban J connectivity index is 1.80. The molecule has 2 atom stereocenters. The highest BCUT2D eigenvalue weighted by atomic mass is 16.6. The lowest BCUT2D eigenvalue weighted by atomic mass is 10.2. The van der Waals surface area contributed by atoms with Crippen LogP contribution in [-0.4, -0.2) is 49.4 Å². The zero-order chi connectivity index (χ0) is 10.7. The first-order valence-electron chi connectivity index (χ1n) is 5.56. The van der Waals surface area contributed by atoms with Crippen LogP contribution >= 0.6 is 0 Å². The summed E-state index contributed by atoms with van der Waals surface area (Å²) in [6.45, 7) is 2.46. The average Bonchev–Trinajstić information content (AvgIpc) is 2.66. The van der Waals surface area contributed by atoms with Crippen molar-refractivity contribution in [3.8, 4) is 0 Å². The van der Waals surface area contributed by atoms with E-state index in [1.165, 1.54) is 0 Å². The van der Waals surface area contributed by atoms with Crippen LogP contribution in [0.2, 0.25) is 0 Å². The molecule has 1 heterocycles. The van der Waals surface area contributed by atoms with Crippen LogP contribution in [0.4, 0.5) is 4.79 Å². The predicted molar refractivity (Wildman–Crippen MR) is 54.5 cm³/mol. The fourth-order valence-electron chi connectivity index (χ4n) is 2.05. The van der Waals surface area contributed by atoms with Gasteiger partial charge in [-0.05, 0) is 19.3 Å². The quantitative estimate of drug-likeness (QED) is 0.683. The minimum atomic E-state index is -0.236. The number of carbonyl (C=O) groups is 1. The van der Waals surface area contributed by atoms with Gasteiger partial charge in [-0.15, -0.1) is 0 Å². The van der Waals surface area contributed by atoms with Crippen LogP contribution in [0.15, 0.2) is 0 Å². The highest BCUT2D eigenvalue weighted by Gasteiger charge is 2.29. The molecule has 86 valence electrons. The zero-order valence-electron chi connectivity index (χ0n) is 8.85. The summed E-state index contributed by atoms with van der Waals surface area (Å²) in [4.78, 5) is 13.4. The molecule has 0 bridgehead atoms. The minimum absolute atomic E-state index is 0.0231. The summed E-state index contributed by atoms with van der Waals surface area (Å²) in [6.07, 6.45) is 2.60. The Labute approximate surface area is 89.5 Å². The standard InChI is InChI=1S/C10H18N2O3/c11-8-2-1-3-9(8)15-10(13)12-4-6-14-7-5-12/h8-9H,1-7,11H2. The number of morpholine rings is 1. The Bertz CT molecular complexity index is 229. The lowest BCUT2D eigenvalue weighted by molar-refractivity contribution is 0.0112. The molecular weight excluding hydrogens is 196 g/mol. The number of rotatable bonds is 1. The summed E-state index contributed by atoms with van der Waals surface area (Å²) < 4.78 is 10.5. The molecule has 1 saturated heterocycles. The van der Waals surface area contributed by atoms with E-state index in [1.807, 2.05) is 0 Å². The van der Waals surface area contributed by atoms with E-state index in [0.29, 0.717) is 26.3 Å². The largest absolute Gasteiger partial charge is 0.444 e. The maximum absolute atomic E-state index is 11.7. The number of ether oxygens (including phenoxy) is 2. The highest BCUT2D eigenvalue weighted by Crippen LogP contribution is 2.21. The Morgan fingerprint density at radius 3 is 2.67 bits per heavy atom.